The summed E-state index contributed by atoms with van der Waals surface area (Å²) < 4.78 is 1.74. The molecule has 1 fully saturated rings. The minimum atomic E-state index is 0.181. The van der Waals surface area contributed by atoms with Crippen molar-refractivity contribution >= 4 is 27.8 Å². The van der Waals surface area contributed by atoms with Gasteiger partial charge >= 0.3 is 0 Å². The molecule has 4 heterocycles. The second-order valence-electron chi connectivity index (χ2n) is 7.43. The zero-order valence-corrected chi connectivity index (χ0v) is 16.0. The number of hydrogen-bond donors (Lipinski definition) is 1. The Morgan fingerprint density at radius 2 is 1.61 bits per heavy atom. The van der Waals surface area contributed by atoms with Gasteiger partial charge in [-0.15, -0.1) is 0 Å². The second-order valence-corrected chi connectivity index (χ2v) is 7.43. The van der Waals surface area contributed by atoms with Gasteiger partial charge in [0.05, 0.1) is 22.2 Å². The molecule has 7 heteroatoms. The van der Waals surface area contributed by atoms with Crippen molar-refractivity contribution < 1.29 is 5.11 Å². The number of phenols is 1. The zero-order chi connectivity index (χ0) is 19.3. The fraction of sp³-hybridized carbons (Fsp3) is 0.286. The van der Waals surface area contributed by atoms with Crippen LogP contribution < -0.4 is 4.90 Å². The first-order chi connectivity index (χ1) is 13.6. The average molecular weight is 374 g/mol. The number of aromatic hydroxyl groups is 1. The van der Waals surface area contributed by atoms with Crippen molar-refractivity contribution in [1.82, 2.24) is 24.6 Å². The fourth-order valence-electron chi connectivity index (χ4n) is 3.75. The van der Waals surface area contributed by atoms with Crippen molar-refractivity contribution in [2.75, 3.05) is 38.1 Å². The van der Waals surface area contributed by atoms with Crippen LogP contribution in [0.3, 0.4) is 0 Å². The van der Waals surface area contributed by atoms with Crippen LogP contribution in [0.2, 0.25) is 0 Å². The van der Waals surface area contributed by atoms with E-state index >= 15 is 0 Å². The van der Waals surface area contributed by atoms with Crippen LogP contribution in [-0.2, 0) is 7.05 Å². The number of pyridine rings is 2. The first kappa shape index (κ1) is 16.9. The summed E-state index contributed by atoms with van der Waals surface area (Å²) in [4.78, 5) is 14.2. The predicted octanol–water partition coefficient (Wildman–Crippen LogP) is 2.64. The van der Waals surface area contributed by atoms with Gasteiger partial charge < -0.3 is 14.9 Å². The number of benzene rings is 1. The largest absolute Gasteiger partial charge is 0.507 e. The Morgan fingerprint density at radius 3 is 2.43 bits per heavy atom. The van der Waals surface area contributed by atoms with Crippen molar-refractivity contribution in [1.29, 1.82) is 0 Å². The van der Waals surface area contributed by atoms with Crippen LogP contribution in [0, 0.1) is 0 Å². The number of piperazine rings is 1. The van der Waals surface area contributed by atoms with Gasteiger partial charge in [-0.2, -0.15) is 5.10 Å². The van der Waals surface area contributed by atoms with E-state index in [-0.39, 0.29) is 5.75 Å². The summed E-state index contributed by atoms with van der Waals surface area (Å²) in [5.41, 5.74) is 3.88. The summed E-state index contributed by atoms with van der Waals surface area (Å²) in [7, 11) is 4.02. The van der Waals surface area contributed by atoms with Gasteiger partial charge in [-0.1, -0.05) is 0 Å². The lowest BCUT2D eigenvalue weighted by atomic mass is 10.1. The highest BCUT2D eigenvalue weighted by Crippen LogP contribution is 2.33. The summed E-state index contributed by atoms with van der Waals surface area (Å²) in [6.07, 6.45) is 1.93. The molecule has 3 aromatic heterocycles. The van der Waals surface area contributed by atoms with Crippen molar-refractivity contribution in [3.63, 3.8) is 0 Å². The van der Waals surface area contributed by atoms with E-state index in [1.807, 2.05) is 43.6 Å². The number of aromatic nitrogens is 4. The van der Waals surface area contributed by atoms with Crippen molar-refractivity contribution in [3.05, 3.63) is 42.6 Å². The van der Waals surface area contributed by atoms with Gasteiger partial charge in [0, 0.05) is 56.4 Å². The van der Waals surface area contributed by atoms with E-state index in [0.717, 1.165) is 59.6 Å². The van der Waals surface area contributed by atoms with Crippen LogP contribution in [0.5, 0.6) is 5.75 Å². The molecule has 28 heavy (non-hydrogen) atoms. The molecule has 0 unspecified atom stereocenters. The van der Waals surface area contributed by atoms with E-state index in [1.165, 1.54) is 0 Å². The van der Waals surface area contributed by atoms with E-state index in [2.05, 4.69) is 21.9 Å². The molecule has 1 aromatic carbocycles. The zero-order valence-electron chi connectivity index (χ0n) is 16.0. The monoisotopic (exact) mass is 374 g/mol. The highest BCUT2D eigenvalue weighted by atomic mass is 16.3. The van der Waals surface area contributed by atoms with Gasteiger partial charge in [-0.25, -0.2) is 9.97 Å². The molecule has 0 radical (unpaired) electrons. The van der Waals surface area contributed by atoms with Crippen molar-refractivity contribution in [3.8, 4) is 17.0 Å². The molecular formula is C21H22N6O. The molecule has 0 spiro atoms. The summed E-state index contributed by atoms with van der Waals surface area (Å²) >= 11 is 0. The molecule has 0 atom stereocenters. The Hall–Kier alpha value is -3.19. The first-order valence-electron chi connectivity index (χ1n) is 9.45. The number of fused-ring (bicyclic) bond motifs is 2. The predicted molar refractivity (Wildman–Crippen MR) is 111 cm³/mol. The normalized spacial score (nSPS) is 15.6. The lowest BCUT2D eigenvalue weighted by Gasteiger charge is -2.33. The molecule has 1 aliphatic rings. The van der Waals surface area contributed by atoms with Gasteiger partial charge in [0.2, 0.25) is 0 Å². The van der Waals surface area contributed by atoms with E-state index in [4.69, 9.17) is 9.97 Å². The average Bonchev–Trinajstić information content (AvgIpc) is 3.06. The number of rotatable bonds is 2. The van der Waals surface area contributed by atoms with Crippen LogP contribution in [-0.4, -0.2) is 63.0 Å². The van der Waals surface area contributed by atoms with Crippen LogP contribution >= 0.6 is 0 Å². The summed E-state index contributed by atoms with van der Waals surface area (Å²) in [6.45, 7) is 4.07. The van der Waals surface area contributed by atoms with Gasteiger partial charge in [-0.05, 0) is 37.4 Å². The smallest absolute Gasteiger partial charge is 0.129 e. The van der Waals surface area contributed by atoms with Crippen molar-refractivity contribution in [2.45, 2.75) is 0 Å². The van der Waals surface area contributed by atoms with Crippen LogP contribution in [0.15, 0.2) is 42.6 Å². The highest BCUT2D eigenvalue weighted by molar-refractivity contribution is 5.88. The highest BCUT2D eigenvalue weighted by Gasteiger charge is 2.16. The molecule has 0 saturated carbocycles. The number of hydrogen-bond acceptors (Lipinski definition) is 6. The number of nitrogens with zero attached hydrogens (tertiary/aromatic N) is 6. The Morgan fingerprint density at radius 1 is 0.857 bits per heavy atom. The standard InChI is InChI=1S/C21H22N6O/c1-25-7-9-27(10-8-25)21-6-5-17-18(23-21)4-3-16(22-17)15-11-14-13-26(2)24-19(14)12-20(15)28/h3-6,11-13,28H,7-10H2,1-2H3. The quantitative estimate of drug-likeness (QED) is 0.582. The van der Waals surface area contributed by atoms with Gasteiger partial charge in [0.1, 0.15) is 11.6 Å². The van der Waals surface area contributed by atoms with Crippen molar-refractivity contribution in [2.24, 2.45) is 7.05 Å². The molecule has 0 amide bonds. The Bertz CT molecular complexity index is 1180. The third kappa shape index (κ3) is 2.93. The molecule has 1 aliphatic heterocycles. The van der Waals surface area contributed by atoms with Crippen LogP contribution in [0.4, 0.5) is 5.82 Å². The summed E-state index contributed by atoms with van der Waals surface area (Å²) in [5, 5.41) is 15.8. The molecule has 0 aliphatic carbocycles. The minimum absolute atomic E-state index is 0.181. The molecule has 142 valence electrons. The number of likely N-dealkylation sites (N-methyl/N-ethyl adjacent to an activating group) is 1. The van der Waals surface area contributed by atoms with E-state index in [0.29, 0.717) is 5.56 Å². The fourth-order valence-corrected chi connectivity index (χ4v) is 3.75. The Kier molecular flexibility index (Phi) is 3.91. The number of phenolic OH excluding ortho intramolecular Hbond substituents is 1. The number of aryl methyl sites for hydroxylation is 1. The lowest BCUT2D eigenvalue weighted by Crippen LogP contribution is -2.44. The molecule has 0 bridgehead atoms. The minimum Gasteiger partial charge on any atom is -0.507 e. The maximum atomic E-state index is 10.5. The van der Waals surface area contributed by atoms with E-state index in [9.17, 15) is 5.11 Å². The summed E-state index contributed by atoms with van der Waals surface area (Å²) in [5.74, 6) is 1.18. The molecule has 4 aromatic rings. The molecule has 7 nitrogen and oxygen atoms in total. The lowest BCUT2D eigenvalue weighted by molar-refractivity contribution is 0.312. The van der Waals surface area contributed by atoms with Crippen LogP contribution in [0.25, 0.3) is 33.2 Å². The number of anilines is 1. The molecule has 1 N–H and O–H groups in total. The first-order valence-corrected chi connectivity index (χ1v) is 9.45. The maximum absolute atomic E-state index is 10.5. The summed E-state index contributed by atoms with van der Waals surface area (Å²) in [6, 6.07) is 11.6. The SMILES string of the molecule is CN1CCN(c2ccc3nc(-c4cc5cn(C)nc5cc4O)ccc3n2)CC1. The Labute approximate surface area is 162 Å². The third-order valence-electron chi connectivity index (χ3n) is 5.37. The maximum Gasteiger partial charge on any atom is 0.129 e. The second kappa shape index (κ2) is 6.45. The van der Waals surface area contributed by atoms with E-state index < -0.39 is 0 Å². The van der Waals surface area contributed by atoms with Gasteiger partial charge in [0.25, 0.3) is 0 Å². The van der Waals surface area contributed by atoms with Gasteiger partial charge in [0.15, 0.2) is 0 Å². The molecular weight excluding hydrogens is 352 g/mol. The van der Waals surface area contributed by atoms with E-state index in [1.54, 1.807) is 10.7 Å². The Balaban J connectivity index is 1.52. The van der Waals surface area contributed by atoms with Crippen LogP contribution in [0.1, 0.15) is 0 Å². The molecule has 5 rings (SSSR count). The topological polar surface area (TPSA) is 70.3 Å². The molecule has 1 saturated heterocycles. The third-order valence-corrected chi connectivity index (χ3v) is 5.37. The van der Waals surface area contributed by atoms with Gasteiger partial charge in [-0.3, -0.25) is 4.68 Å².